The molecule has 30 heavy (non-hydrogen) atoms. The molecule has 1 saturated heterocycles. The lowest BCUT2D eigenvalue weighted by molar-refractivity contribution is -0.133. The quantitative estimate of drug-likeness (QED) is 0.723. The van der Waals surface area contributed by atoms with E-state index in [1.165, 1.54) is 0 Å². The number of amides is 2. The smallest absolute Gasteiger partial charge is 0.260 e. The highest BCUT2D eigenvalue weighted by molar-refractivity contribution is 5.97. The van der Waals surface area contributed by atoms with Crippen molar-refractivity contribution in [3.8, 4) is 5.75 Å². The van der Waals surface area contributed by atoms with Crippen LogP contribution in [0.1, 0.15) is 27.9 Å². The fraction of sp³-hybridized carbons (Fsp3) is 0.348. The Labute approximate surface area is 175 Å². The van der Waals surface area contributed by atoms with Gasteiger partial charge < -0.3 is 19.5 Å². The van der Waals surface area contributed by atoms with Crippen LogP contribution in [0.15, 0.2) is 42.7 Å². The van der Waals surface area contributed by atoms with E-state index in [0.29, 0.717) is 31.7 Å². The largest absolute Gasteiger partial charge is 0.483 e. The van der Waals surface area contributed by atoms with Crippen molar-refractivity contribution in [1.29, 1.82) is 0 Å². The number of benzene rings is 2. The number of hydrogen-bond donors (Lipinski definition) is 1. The zero-order chi connectivity index (χ0) is 21.1. The maximum Gasteiger partial charge on any atom is 0.260 e. The van der Waals surface area contributed by atoms with E-state index in [1.807, 2.05) is 49.1 Å². The molecule has 0 radical (unpaired) electrons. The summed E-state index contributed by atoms with van der Waals surface area (Å²) in [6, 6.07) is 11.3. The molecule has 3 aromatic rings. The molecule has 156 valence electrons. The van der Waals surface area contributed by atoms with Crippen LogP contribution < -0.4 is 4.74 Å². The van der Waals surface area contributed by atoms with Crippen LogP contribution >= 0.6 is 0 Å². The molecule has 7 heteroatoms. The number of hydrogen-bond acceptors (Lipinski definition) is 4. The highest BCUT2D eigenvalue weighted by atomic mass is 16.5. The molecule has 1 N–H and O–H groups in total. The number of aromatic nitrogens is 2. The minimum Gasteiger partial charge on any atom is -0.483 e. The van der Waals surface area contributed by atoms with Gasteiger partial charge in [-0.25, -0.2) is 4.98 Å². The molecule has 0 bridgehead atoms. The van der Waals surface area contributed by atoms with Crippen LogP contribution in [0, 0.1) is 13.8 Å². The summed E-state index contributed by atoms with van der Waals surface area (Å²) >= 11 is 0. The minimum atomic E-state index is -0.0518. The van der Waals surface area contributed by atoms with E-state index in [1.54, 1.807) is 17.3 Å². The third-order valence-electron chi connectivity index (χ3n) is 5.71. The third-order valence-corrected chi connectivity index (χ3v) is 5.71. The first kappa shape index (κ1) is 19.9. The summed E-state index contributed by atoms with van der Waals surface area (Å²) in [6.07, 6.45) is 2.36. The van der Waals surface area contributed by atoms with Crippen LogP contribution in [0.3, 0.4) is 0 Å². The van der Waals surface area contributed by atoms with Gasteiger partial charge in [-0.05, 0) is 55.7 Å². The second-order valence-corrected chi connectivity index (χ2v) is 7.65. The lowest BCUT2D eigenvalue weighted by Crippen LogP contribution is -2.39. The summed E-state index contributed by atoms with van der Waals surface area (Å²) in [4.78, 5) is 36.4. The highest BCUT2D eigenvalue weighted by Crippen LogP contribution is 2.21. The molecule has 1 aromatic heterocycles. The molecule has 2 amide bonds. The number of imidazole rings is 1. The molecule has 4 rings (SSSR count). The number of carbonyl (C=O) groups is 2. The summed E-state index contributed by atoms with van der Waals surface area (Å²) < 4.78 is 5.77. The van der Waals surface area contributed by atoms with Crippen molar-refractivity contribution in [3.05, 3.63) is 59.4 Å². The molecule has 1 aliphatic rings. The second kappa shape index (κ2) is 8.57. The van der Waals surface area contributed by atoms with Crippen molar-refractivity contribution >= 4 is 22.8 Å². The van der Waals surface area contributed by atoms with E-state index in [2.05, 4.69) is 9.97 Å². The molecule has 2 aromatic carbocycles. The Bertz CT molecular complexity index is 1080. The molecule has 1 fully saturated rings. The molecule has 0 saturated carbocycles. The summed E-state index contributed by atoms with van der Waals surface area (Å²) in [7, 11) is 0. The Morgan fingerprint density at radius 1 is 1.07 bits per heavy atom. The maximum absolute atomic E-state index is 12.9. The van der Waals surface area contributed by atoms with Gasteiger partial charge in [-0.15, -0.1) is 0 Å². The van der Waals surface area contributed by atoms with E-state index in [9.17, 15) is 9.59 Å². The van der Waals surface area contributed by atoms with Crippen LogP contribution in [-0.2, 0) is 4.79 Å². The van der Waals surface area contributed by atoms with Crippen molar-refractivity contribution in [1.82, 2.24) is 19.8 Å². The number of carbonyl (C=O) groups excluding carboxylic acids is 2. The van der Waals surface area contributed by atoms with Crippen molar-refractivity contribution in [2.45, 2.75) is 20.3 Å². The average molecular weight is 406 g/mol. The average Bonchev–Trinajstić information content (AvgIpc) is 3.08. The van der Waals surface area contributed by atoms with Gasteiger partial charge >= 0.3 is 0 Å². The molecule has 0 aliphatic carbocycles. The monoisotopic (exact) mass is 406 g/mol. The number of H-pyrrole nitrogens is 1. The first-order valence-corrected chi connectivity index (χ1v) is 10.2. The van der Waals surface area contributed by atoms with E-state index < -0.39 is 0 Å². The van der Waals surface area contributed by atoms with Gasteiger partial charge in [0.05, 0.1) is 17.4 Å². The first-order chi connectivity index (χ1) is 14.5. The summed E-state index contributed by atoms with van der Waals surface area (Å²) in [5.74, 6) is 0.667. The number of aromatic amines is 1. The number of ether oxygens (including phenoxy) is 1. The van der Waals surface area contributed by atoms with Crippen molar-refractivity contribution < 1.29 is 14.3 Å². The number of fused-ring (bicyclic) bond motifs is 1. The lowest BCUT2D eigenvalue weighted by atomic mass is 10.1. The summed E-state index contributed by atoms with van der Waals surface area (Å²) in [5, 5.41) is 0. The third kappa shape index (κ3) is 4.15. The van der Waals surface area contributed by atoms with Gasteiger partial charge in [0.2, 0.25) is 0 Å². The Hall–Kier alpha value is -3.35. The van der Waals surface area contributed by atoms with Crippen LogP contribution in [0.4, 0.5) is 0 Å². The van der Waals surface area contributed by atoms with Crippen molar-refractivity contribution in [2.24, 2.45) is 0 Å². The zero-order valence-electron chi connectivity index (χ0n) is 17.4. The van der Waals surface area contributed by atoms with E-state index >= 15 is 0 Å². The zero-order valence-corrected chi connectivity index (χ0v) is 17.4. The van der Waals surface area contributed by atoms with Crippen molar-refractivity contribution in [3.63, 3.8) is 0 Å². The molecule has 0 atom stereocenters. The molecular formula is C23H26N4O3. The number of aryl methyl sites for hydroxylation is 1. The van der Waals surface area contributed by atoms with Crippen molar-refractivity contribution in [2.75, 3.05) is 32.8 Å². The Kier molecular flexibility index (Phi) is 5.70. The van der Waals surface area contributed by atoms with Gasteiger partial charge in [-0.3, -0.25) is 9.59 Å². The van der Waals surface area contributed by atoms with Crippen LogP contribution in [0.2, 0.25) is 0 Å². The van der Waals surface area contributed by atoms with E-state index in [0.717, 1.165) is 34.3 Å². The SMILES string of the molecule is Cc1cccc(OCC(=O)N2CCCN(C(=O)c3ccc4nc[nH]c4c3)CC2)c1C. The molecule has 7 nitrogen and oxygen atoms in total. The maximum atomic E-state index is 12.9. The lowest BCUT2D eigenvalue weighted by Gasteiger charge is -2.22. The Morgan fingerprint density at radius 2 is 1.87 bits per heavy atom. The predicted octanol–water partition coefficient (Wildman–Crippen LogP) is 2.93. The fourth-order valence-corrected chi connectivity index (χ4v) is 3.73. The fourth-order valence-electron chi connectivity index (χ4n) is 3.73. The van der Waals surface area contributed by atoms with Crippen LogP contribution in [-0.4, -0.2) is 64.4 Å². The van der Waals surface area contributed by atoms with Gasteiger partial charge in [0.15, 0.2) is 6.61 Å². The molecular weight excluding hydrogens is 380 g/mol. The Balaban J connectivity index is 1.35. The topological polar surface area (TPSA) is 78.5 Å². The second-order valence-electron chi connectivity index (χ2n) is 7.65. The van der Waals surface area contributed by atoms with E-state index in [4.69, 9.17) is 4.74 Å². The first-order valence-electron chi connectivity index (χ1n) is 10.2. The van der Waals surface area contributed by atoms with Gasteiger partial charge in [-0.1, -0.05) is 12.1 Å². The highest BCUT2D eigenvalue weighted by Gasteiger charge is 2.23. The molecule has 0 unspecified atom stereocenters. The number of nitrogens with zero attached hydrogens (tertiary/aromatic N) is 3. The van der Waals surface area contributed by atoms with Crippen LogP contribution in [0.25, 0.3) is 11.0 Å². The van der Waals surface area contributed by atoms with Crippen LogP contribution in [0.5, 0.6) is 5.75 Å². The molecule has 0 spiro atoms. The number of nitrogens with one attached hydrogen (secondary N) is 1. The summed E-state index contributed by atoms with van der Waals surface area (Å²) in [5.41, 5.74) is 4.49. The van der Waals surface area contributed by atoms with Gasteiger partial charge in [0.1, 0.15) is 5.75 Å². The van der Waals surface area contributed by atoms with Gasteiger partial charge in [-0.2, -0.15) is 0 Å². The number of rotatable bonds is 4. The van der Waals surface area contributed by atoms with E-state index in [-0.39, 0.29) is 18.4 Å². The van der Waals surface area contributed by atoms with Gasteiger partial charge in [0, 0.05) is 31.7 Å². The summed E-state index contributed by atoms with van der Waals surface area (Å²) in [6.45, 7) is 6.29. The predicted molar refractivity (Wildman–Crippen MR) is 115 cm³/mol. The normalized spacial score (nSPS) is 14.6. The standard InChI is InChI=1S/C23H26N4O3/c1-16-5-3-6-21(17(16)2)30-14-22(28)26-9-4-10-27(12-11-26)23(29)18-7-8-19-20(13-18)25-15-24-19/h3,5-8,13,15H,4,9-12,14H2,1-2H3,(H,24,25). The molecule has 1 aliphatic heterocycles. The minimum absolute atomic E-state index is 0.00866. The van der Waals surface area contributed by atoms with Gasteiger partial charge in [0.25, 0.3) is 11.8 Å². The Morgan fingerprint density at radius 3 is 2.73 bits per heavy atom. The molecule has 2 heterocycles.